The van der Waals surface area contributed by atoms with Gasteiger partial charge in [0.05, 0.1) is 0 Å². The van der Waals surface area contributed by atoms with Gasteiger partial charge >= 0.3 is 0 Å². The fourth-order valence-corrected chi connectivity index (χ4v) is 3.72. The lowest BCUT2D eigenvalue weighted by Gasteiger charge is -2.41. The standard InChI is InChI=1S/C16H32N2/c1-5-7-13-9-16(13)18-11-14(8-12(3)4)17-10-15(18)6-2/h12-17H,5-11H2,1-4H3. The van der Waals surface area contributed by atoms with E-state index in [1.54, 1.807) is 0 Å². The second-order valence-electron chi connectivity index (χ2n) is 6.85. The van der Waals surface area contributed by atoms with Gasteiger partial charge in [-0.15, -0.1) is 0 Å². The van der Waals surface area contributed by atoms with Gasteiger partial charge in [0.15, 0.2) is 0 Å². The maximum absolute atomic E-state index is 3.77. The monoisotopic (exact) mass is 252 g/mol. The van der Waals surface area contributed by atoms with Crippen molar-refractivity contribution in [2.45, 2.75) is 77.9 Å². The minimum Gasteiger partial charge on any atom is -0.311 e. The highest BCUT2D eigenvalue weighted by Gasteiger charge is 2.44. The SMILES string of the molecule is CCCC1CC1N1CC(CC(C)C)NCC1CC. The molecule has 1 heterocycles. The molecule has 4 unspecified atom stereocenters. The summed E-state index contributed by atoms with van der Waals surface area (Å²) in [6.45, 7) is 11.9. The Balaban J connectivity index is 1.88. The fourth-order valence-electron chi connectivity index (χ4n) is 3.72. The van der Waals surface area contributed by atoms with E-state index in [1.165, 1.54) is 45.2 Å². The molecule has 0 aromatic rings. The first-order valence-corrected chi connectivity index (χ1v) is 8.14. The van der Waals surface area contributed by atoms with Gasteiger partial charge in [0.1, 0.15) is 0 Å². The molecule has 0 aromatic heterocycles. The van der Waals surface area contributed by atoms with Crippen molar-refractivity contribution in [2.24, 2.45) is 11.8 Å². The molecule has 2 fully saturated rings. The van der Waals surface area contributed by atoms with Gasteiger partial charge in [0, 0.05) is 31.2 Å². The molecule has 1 aliphatic carbocycles. The van der Waals surface area contributed by atoms with Crippen LogP contribution in [-0.2, 0) is 0 Å². The highest BCUT2D eigenvalue weighted by Crippen LogP contribution is 2.41. The first kappa shape index (κ1) is 14.3. The lowest BCUT2D eigenvalue weighted by Crippen LogP contribution is -2.57. The fraction of sp³-hybridized carbons (Fsp3) is 1.00. The number of hydrogen-bond donors (Lipinski definition) is 1. The van der Waals surface area contributed by atoms with Crippen LogP contribution in [0.1, 0.15) is 59.8 Å². The van der Waals surface area contributed by atoms with Crippen LogP contribution in [0.2, 0.25) is 0 Å². The summed E-state index contributed by atoms with van der Waals surface area (Å²) in [7, 11) is 0. The van der Waals surface area contributed by atoms with E-state index >= 15 is 0 Å². The summed E-state index contributed by atoms with van der Waals surface area (Å²) < 4.78 is 0. The van der Waals surface area contributed by atoms with Crippen molar-refractivity contribution in [1.82, 2.24) is 10.2 Å². The predicted molar refractivity (Wildman–Crippen MR) is 78.8 cm³/mol. The second-order valence-corrected chi connectivity index (χ2v) is 6.85. The van der Waals surface area contributed by atoms with Crippen molar-refractivity contribution in [1.29, 1.82) is 0 Å². The zero-order valence-corrected chi connectivity index (χ0v) is 12.8. The largest absolute Gasteiger partial charge is 0.311 e. The first-order chi connectivity index (χ1) is 8.65. The minimum absolute atomic E-state index is 0.732. The van der Waals surface area contributed by atoms with Gasteiger partial charge in [-0.25, -0.2) is 0 Å². The molecular formula is C16H32N2. The highest BCUT2D eigenvalue weighted by atomic mass is 15.3. The molecule has 0 spiro atoms. The highest BCUT2D eigenvalue weighted by molar-refractivity contribution is 5.00. The molecule has 0 bridgehead atoms. The molecular weight excluding hydrogens is 220 g/mol. The van der Waals surface area contributed by atoms with Gasteiger partial charge in [-0.05, 0) is 37.5 Å². The van der Waals surface area contributed by atoms with E-state index in [9.17, 15) is 0 Å². The Labute approximate surface area is 114 Å². The van der Waals surface area contributed by atoms with E-state index in [4.69, 9.17) is 0 Å². The third-order valence-corrected chi connectivity index (χ3v) is 4.74. The Hall–Kier alpha value is -0.0800. The number of nitrogens with one attached hydrogen (secondary N) is 1. The van der Waals surface area contributed by atoms with Crippen molar-refractivity contribution in [3.05, 3.63) is 0 Å². The predicted octanol–water partition coefficient (Wildman–Crippen LogP) is 3.27. The summed E-state index contributed by atoms with van der Waals surface area (Å²) in [5.41, 5.74) is 0. The Morgan fingerprint density at radius 1 is 1.28 bits per heavy atom. The summed E-state index contributed by atoms with van der Waals surface area (Å²) in [4.78, 5) is 2.85. The normalized spacial score (nSPS) is 37.2. The molecule has 2 nitrogen and oxygen atoms in total. The van der Waals surface area contributed by atoms with Crippen molar-refractivity contribution in [2.75, 3.05) is 13.1 Å². The van der Waals surface area contributed by atoms with Crippen LogP contribution in [0.5, 0.6) is 0 Å². The average Bonchev–Trinajstić information content (AvgIpc) is 3.08. The number of nitrogens with zero attached hydrogens (tertiary/aromatic N) is 1. The minimum atomic E-state index is 0.732. The van der Waals surface area contributed by atoms with Crippen LogP contribution < -0.4 is 5.32 Å². The van der Waals surface area contributed by atoms with Crippen LogP contribution >= 0.6 is 0 Å². The van der Waals surface area contributed by atoms with Crippen LogP contribution in [0.25, 0.3) is 0 Å². The molecule has 1 saturated carbocycles. The summed E-state index contributed by atoms with van der Waals surface area (Å²) in [6, 6.07) is 2.45. The van der Waals surface area contributed by atoms with E-state index in [0.717, 1.165) is 30.0 Å². The van der Waals surface area contributed by atoms with E-state index in [-0.39, 0.29) is 0 Å². The van der Waals surface area contributed by atoms with Crippen LogP contribution in [0.4, 0.5) is 0 Å². The second kappa shape index (κ2) is 6.38. The van der Waals surface area contributed by atoms with Crippen molar-refractivity contribution >= 4 is 0 Å². The molecule has 0 amide bonds. The topological polar surface area (TPSA) is 15.3 Å². The van der Waals surface area contributed by atoms with Crippen LogP contribution in [0.3, 0.4) is 0 Å². The van der Waals surface area contributed by atoms with E-state index < -0.39 is 0 Å². The molecule has 106 valence electrons. The Kier molecular flexibility index (Phi) is 5.08. The zero-order chi connectivity index (χ0) is 13.1. The third kappa shape index (κ3) is 3.48. The van der Waals surface area contributed by atoms with Gasteiger partial charge in [0.25, 0.3) is 0 Å². The molecule has 18 heavy (non-hydrogen) atoms. The maximum Gasteiger partial charge on any atom is 0.0221 e. The molecule has 2 heteroatoms. The van der Waals surface area contributed by atoms with Crippen molar-refractivity contribution < 1.29 is 0 Å². The number of hydrogen-bond acceptors (Lipinski definition) is 2. The van der Waals surface area contributed by atoms with Crippen molar-refractivity contribution in [3.63, 3.8) is 0 Å². The summed E-state index contributed by atoms with van der Waals surface area (Å²) >= 11 is 0. The summed E-state index contributed by atoms with van der Waals surface area (Å²) in [5, 5.41) is 3.77. The smallest absolute Gasteiger partial charge is 0.0221 e. The Morgan fingerprint density at radius 2 is 2.06 bits per heavy atom. The van der Waals surface area contributed by atoms with E-state index in [2.05, 4.69) is 37.9 Å². The molecule has 1 aliphatic heterocycles. The van der Waals surface area contributed by atoms with Crippen LogP contribution in [0.15, 0.2) is 0 Å². The van der Waals surface area contributed by atoms with Crippen LogP contribution in [-0.4, -0.2) is 36.1 Å². The molecule has 0 radical (unpaired) electrons. The average molecular weight is 252 g/mol. The van der Waals surface area contributed by atoms with Gasteiger partial charge in [-0.2, -0.15) is 0 Å². The number of rotatable bonds is 6. The molecule has 2 rings (SSSR count). The molecule has 1 saturated heterocycles. The molecule has 2 aliphatic rings. The quantitative estimate of drug-likeness (QED) is 0.780. The van der Waals surface area contributed by atoms with E-state index in [1.807, 2.05) is 0 Å². The van der Waals surface area contributed by atoms with Gasteiger partial charge < -0.3 is 5.32 Å². The Bertz CT molecular complexity index is 251. The Morgan fingerprint density at radius 3 is 2.67 bits per heavy atom. The molecule has 1 N–H and O–H groups in total. The van der Waals surface area contributed by atoms with Gasteiger partial charge in [-0.1, -0.05) is 34.1 Å². The van der Waals surface area contributed by atoms with Gasteiger partial charge in [-0.3, -0.25) is 4.90 Å². The lowest BCUT2D eigenvalue weighted by molar-refractivity contribution is 0.104. The van der Waals surface area contributed by atoms with Crippen molar-refractivity contribution in [3.8, 4) is 0 Å². The molecule has 0 aromatic carbocycles. The summed E-state index contributed by atoms with van der Waals surface area (Å²) in [6.07, 6.45) is 6.91. The first-order valence-electron chi connectivity index (χ1n) is 8.14. The molecule has 4 atom stereocenters. The lowest BCUT2D eigenvalue weighted by atomic mass is 9.98. The van der Waals surface area contributed by atoms with Gasteiger partial charge in [0.2, 0.25) is 0 Å². The zero-order valence-electron chi connectivity index (χ0n) is 12.8. The number of piperazine rings is 1. The summed E-state index contributed by atoms with van der Waals surface area (Å²) in [5.74, 6) is 1.83. The maximum atomic E-state index is 3.77. The van der Waals surface area contributed by atoms with E-state index in [0.29, 0.717) is 0 Å². The third-order valence-electron chi connectivity index (χ3n) is 4.74. The van der Waals surface area contributed by atoms with Crippen LogP contribution in [0, 0.1) is 11.8 Å².